The van der Waals surface area contributed by atoms with Crippen LogP contribution in [0.15, 0.2) is 54.2 Å². The summed E-state index contributed by atoms with van der Waals surface area (Å²) in [5.74, 6) is 0. The third kappa shape index (κ3) is 4.08. The van der Waals surface area contributed by atoms with Gasteiger partial charge in [-0.15, -0.1) is 0 Å². The lowest BCUT2D eigenvalue weighted by molar-refractivity contribution is -0.425. The summed E-state index contributed by atoms with van der Waals surface area (Å²) in [6, 6.07) is 13.9. The van der Waals surface area contributed by atoms with Crippen LogP contribution in [0.2, 0.25) is 10.0 Å². The summed E-state index contributed by atoms with van der Waals surface area (Å²) in [4.78, 5) is 10.8. The van der Waals surface area contributed by atoms with Crippen LogP contribution in [-0.2, 0) is 6.42 Å². The summed E-state index contributed by atoms with van der Waals surface area (Å²) in [6.45, 7) is 0. The molecule has 0 bridgehead atoms. The van der Waals surface area contributed by atoms with Crippen LogP contribution >= 0.6 is 23.2 Å². The highest BCUT2D eigenvalue weighted by molar-refractivity contribution is 6.30. The summed E-state index contributed by atoms with van der Waals surface area (Å²) >= 11 is 11.6. The van der Waals surface area contributed by atoms with Gasteiger partial charge in [-0.25, -0.2) is 0 Å². The van der Waals surface area contributed by atoms with Crippen LogP contribution in [0.25, 0.3) is 6.08 Å². The third-order valence-electron chi connectivity index (χ3n) is 2.74. The molecule has 0 aliphatic carbocycles. The topological polar surface area (TPSA) is 43.1 Å². The Balaban J connectivity index is 2.25. The number of hydrogen-bond donors (Lipinski definition) is 0. The predicted octanol–water partition coefficient (Wildman–Crippen LogP) is 4.85. The van der Waals surface area contributed by atoms with Crippen LogP contribution in [-0.4, -0.2) is 4.92 Å². The van der Waals surface area contributed by atoms with E-state index in [0.717, 1.165) is 11.1 Å². The van der Waals surface area contributed by atoms with E-state index < -0.39 is 0 Å². The van der Waals surface area contributed by atoms with Crippen LogP contribution in [0, 0.1) is 10.1 Å². The van der Waals surface area contributed by atoms with Crippen molar-refractivity contribution in [3.8, 4) is 0 Å². The normalized spacial score (nSPS) is 11.4. The van der Waals surface area contributed by atoms with Gasteiger partial charge in [-0.2, -0.15) is 0 Å². The van der Waals surface area contributed by atoms with Crippen molar-refractivity contribution in [3.63, 3.8) is 0 Å². The maximum atomic E-state index is 11.1. The van der Waals surface area contributed by atoms with Crippen LogP contribution in [0.3, 0.4) is 0 Å². The first-order valence-electron chi connectivity index (χ1n) is 5.89. The summed E-state index contributed by atoms with van der Waals surface area (Å²) < 4.78 is 0. The maximum Gasteiger partial charge on any atom is 0.251 e. The molecule has 0 aromatic heterocycles. The van der Waals surface area contributed by atoms with Gasteiger partial charge in [0.15, 0.2) is 0 Å². The van der Waals surface area contributed by atoms with Crippen molar-refractivity contribution >= 4 is 29.3 Å². The number of nitro groups is 1. The molecule has 0 fully saturated rings. The van der Waals surface area contributed by atoms with Crippen LogP contribution in [0.1, 0.15) is 11.1 Å². The largest absolute Gasteiger partial charge is 0.259 e. The van der Waals surface area contributed by atoms with Crippen molar-refractivity contribution in [2.45, 2.75) is 6.42 Å². The third-order valence-corrected chi connectivity index (χ3v) is 3.24. The molecule has 0 radical (unpaired) electrons. The highest BCUT2D eigenvalue weighted by atomic mass is 35.5. The van der Waals surface area contributed by atoms with Crippen molar-refractivity contribution in [1.29, 1.82) is 0 Å². The molecule has 20 heavy (non-hydrogen) atoms. The SMILES string of the molecule is O=[N+]([O-])/C(=C\c1ccc(Cl)cc1)Cc1ccc(Cl)cc1. The molecule has 0 atom stereocenters. The van der Waals surface area contributed by atoms with E-state index in [1.807, 2.05) is 0 Å². The Labute approximate surface area is 126 Å². The molecule has 5 heteroatoms. The molecule has 0 heterocycles. The smallest absolute Gasteiger partial charge is 0.251 e. The Hall–Kier alpha value is -1.84. The summed E-state index contributed by atoms with van der Waals surface area (Å²) in [5.41, 5.74) is 1.70. The van der Waals surface area contributed by atoms with Crippen molar-refractivity contribution in [2.75, 3.05) is 0 Å². The molecule has 2 rings (SSSR count). The van der Waals surface area contributed by atoms with Crippen molar-refractivity contribution < 1.29 is 4.92 Å². The second kappa shape index (κ2) is 6.55. The average Bonchev–Trinajstić information content (AvgIpc) is 2.42. The molecule has 0 saturated carbocycles. The van der Waals surface area contributed by atoms with Crippen LogP contribution in [0.5, 0.6) is 0 Å². The lowest BCUT2D eigenvalue weighted by Gasteiger charge is -2.01. The molecule has 0 saturated heterocycles. The number of allylic oxidation sites excluding steroid dienone is 1. The second-order valence-electron chi connectivity index (χ2n) is 4.25. The molecular formula is C15H11Cl2NO2. The highest BCUT2D eigenvalue weighted by Crippen LogP contribution is 2.17. The number of hydrogen-bond acceptors (Lipinski definition) is 2. The number of benzene rings is 2. The van der Waals surface area contributed by atoms with E-state index in [2.05, 4.69) is 0 Å². The van der Waals surface area contributed by atoms with Gasteiger partial charge in [-0.05, 0) is 35.4 Å². The molecule has 102 valence electrons. The molecule has 2 aromatic rings. The van der Waals surface area contributed by atoms with Crippen molar-refractivity contribution in [3.05, 3.63) is 85.5 Å². The van der Waals surface area contributed by atoms with E-state index in [9.17, 15) is 10.1 Å². The maximum absolute atomic E-state index is 11.1. The zero-order chi connectivity index (χ0) is 14.5. The van der Waals surface area contributed by atoms with Gasteiger partial charge < -0.3 is 0 Å². The molecule has 0 aliphatic heterocycles. The van der Waals surface area contributed by atoms with Crippen molar-refractivity contribution in [1.82, 2.24) is 0 Å². The monoisotopic (exact) mass is 307 g/mol. The van der Waals surface area contributed by atoms with E-state index in [0.29, 0.717) is 10.0 Å². The van der Waals surface area contributed by atoms with Crippen molar-refractivity contribution in [2.24, 2.45) is 0 Å². The molecule has 3 nitrogen and oxygen atoms in total. The highest BCUT2D eigenvalue weighted by Gasteiger charge is 2.12. The first kappa shape index (κ1) is 14.6. The van der Waals surface area contributed by atoms with Gasteiger partial charge in [0.1, 0.15) is 0 Å². The quantitative estimate of drug-likeness (QED) is 0.598. The van der Waals surface area contributed by atoms with Gasteiger partial charge in [0.25, 0.3) is 5.70 Å². The fourth-order valence-electron chi connectivity index (χ4n) is 1.73. The fraction of sp³-hybridized carbons (Fsp3) is 0.0667. The second-order valence-corrected chi connectivity index (χ2v) is 5.12. The van der Waals surface area contributed by atoms with Gasteiger partial charge in [-0.1, -0.05) is 47.5 Å². The predicted molar refractivity (Wildman–Crippen MR) is 81.6 cm³/mol. The van der Waals surface area contributed by atoms with Gasteiger partial charge in [0.05, 0.1) is 11.3 Å². The summed E-state index contributed by atoms with van der Waals surface area (Å²) in [7, 11) is 0. The Morgan fingerprint density at radius 1 is 1.00 bits per heavy atom. The minimum Gasteiger partial charge on any atom is -0.259 e. The average molecular weight is 308 g/mol. The standard InChI is InChI=1S/C15H11Cl2NO2/c16-13-5-1-11(2-6-13)9-15(18(19)20)10-12-3-7-14(17)8-4-12/h1-9H,10H2/b15-9-. The van der Waals surface area contributed by atoms with Gasteiger partial charge in [0, 0.05) is 16.1 Å². The first-order valence-corrected chi connectivity index (χ1v) is 6.65. The Bertz CT molecular complexity index is 634. The summed E-state index contributed by atoms with van der Waals surface area (Å²) in [6.07, 6.45) is 1.79. The van der Waals surface area contributed by atoms with Crippen LogP contribution in [0.4, 0.5) is 0 Å². The lowest BCUT2D eigenvalue weighted by Crippen LogP contribution is -2.02. The molecule has 2 aromatic carbocycles. The number of rotatable bonds is 4. The minimum atomic E-state index is -0.372. The molecule has 0 N–H and O–H groups in total. The van der Waals surface area contributed by atoms with Crippen LogP contribution < -0.4 is 0 Å². The molecule has 0 unspecified atom stereocenters. The summed E-state index contributed by atoms with van der Waals surface area (Å²) in [5, 5.41) is 12.3. The zero-order valence-corrected chi connectivity index (χ0v) is 11.9. The van der Waals surface area contributed by atoms with E-state index in [-0.39, 0.29) is 17.0 Å². The lowest BCUT2D eigenvalue weighted by atomic mass is 10.1. The molecule has 0 amide bonds. The van der Waals surface area contributed by atoms with E-state index in [4.69, 9.17) is 23.2 Å². The molecule has 0 aliphatic rings. The fourth-order valence-corrected chi connectivity index (χ4v) is 1.98. The van der Waals surface area contributed by atoms with E-state index in [1.165, 1.54) is 0 Å². The van der Waals surface area contributed by atoms with Gasteiger partial charge >= 0.3 is 0 Å². The Morgan fingerprint density at radius 2 is 1.50 bits per heavy atom. The molecule has 0 spiro atoms. The molecular weight excluding hydrogens is 297 g/mol. The first-order chi connectivity index (χ1) is 9.54. The van der Waals surface area contributed by atoms with E-state index in [1.54, 1.807) is 54.6 Å². The Kier molecular flexibility index (Phi) is 4.77. The minimum absolute atomic E-state index is 0.120. The van der Waals surface area contributed by atoms with Gasteiger partial charge in [0.2, 0.25) is 0 Å². The zero-order valence-electron chi connectivity index (χ0n) is 10.4. The van der Waals surface area contributed by atoms with E-state index >= 15 is 0 Å². The number of halogens is 2. The Morgan fingerprint density at radius 3 is 2.00 bits per heavy atom. The number of nitrogens with zero attached hydrogens (tertiary/aromatic N) is 1. The van der Waals surface area contributed by atoms with Gasteiger partial charge in [-0.3, -0.25) is 10.1 Å².